The van der Waals surface area contributed by atoms with Crippen molar-refractivity contribution in [3.05, 3.63) is 84.2 Å². The molecule has 4 aromatic rings. The summed E-state index contributed by atoms with van der Waals surface area (Å²) < 4.78 is 21.8. The van der Waals surface area contributed by atoms with E-state index in [1.54, 1.807) is 37.7 Å². The van der Waals surface area contributed by atoms with Crippen LogP contribution in [0.1, 0.15) is 31.9 Å². The quantitative estimate of drug-likeness (QED) is 0.200. The zero-order valence-electron chi connectivity index (χ0n) is 22.9. The van der Waals surface area contributed by atoms with Gasteiger partial charge in [-0.05, 0) is 55.9 Å². The first-order valence-corrected chi connectivity index (χ1v) is 12.6. The number of hydrogen-bond donors (Lipinski definition) is 1. The molecule has 0 bridgehead atoms. The molecule has 0 amide bonds. The predicted molar refractivity (Wildman–Crippen MR) is 148 cm³/mol. The molecule has 0 aliphatic heterocycles. The van der Waals surface area contributed by atoms with Crippen LogP contribution in [0.25, 0.3) is 22.5 Å². The van der Waals surface area contributed by atoms with Gasteiger partial charge < -0.3 is 34.0 Å². The molecule has 0 aliphatic carbocycles. The summed E-state index contributed by atoms with van der Waals surface area (Å²) >= 11 is 0. The fourth-order valence-corrected chi connectivity index (χ4v) is 3.67. The van der Waals surface area contributed by atoms with Crippen LogP contribution in [0.4, 0.5) is 0 Å². The molecule has 0 unspecified atom stereocenters. The number of aliphatic hydroxyl groups excluding tert-OH is 1. The maximum atomic E-state index is 9.13. The van der Waals surface area contributed by atoms with Gasteiger partial charge in [-0.3, -0.25) is 0 Å². The minimum atomic E-state index is 0. The minimum Gasteiger partial charge on any atom is -0.537 e. The topological polar surface area (TPSA) is 82.9 Å². The molecule has 39 heavy (non-hydrogen) atoms. The van der Waals surface area contributed by atoms with Crippen molar-refractivity contribution in [2.75, 3.05) is 26.9 Å². The minimum absolute atomic E-state index is 0. The molecule has 0 saturated carbocycles. The fourth-order valence-electron chi connectivity index (χ4n) is 3.67. The molecular formula is C31H34N2O5Pt. The number of aliphatic hydroxyl groups is 1. The first-order chi connectivity index (χ1) is 18.5. The third kappa shape index (κ3) is 9.08. The van der Waals surface area contributed by atoms with Crippen LogP contribution in [0, 0.1) is 19.1 Å². The fraction of sp³-hybridized carbons (Fsp3) is 0.290. The molecule has 7 nitrogen and oxygen atoms in total. The van der Waals surface area contributed by atoms with Crippen LogP contribution < -0.4 is 18.9 Å². The molecule has 0 spiro atoms. The van der Waals surface area contributed by atoms with Crippen molar-refractivity contribution in [3.8, 4) is 45.5 Å². The Morgan fingerprint density at radius 3 is 1.92 bits per heavy atom. The second kappa shape index (κ2) is 16.5. The maximum absolute atomic E-state index is 9.13. The first kappa shape index (κ1) is 31.8. The van der Waals surface area contributed by atoms with Crippen LogP contribution in [-0.2, 0) is 27.7 Å². The molecule has 4 rings (SSSR count). The number of rotatable bonds is 10. The normalized spacial score (nSPS) is 10.0. The van der Waals surface area contributed by atoms with Crippen LogP contribution in [-0.4, -0.2) is 42.0 Å². The number of ether oxygens (including phenoxy) is 4. The van der Waals surface area contributed by atoms with Crippen molar-refractivity contribution in [2.24, 2.45) is 0 Å². The molecule has 0 saturated heterocycles. The Morgan fingerprint density at radius 2 is 1.33 bits per heavy atom. The van der Waals surface area contributed by atoms with E-state index in [-0.39, 0.29) is 27.7 Å². The monoisotopic (exact) mass is 709 g/mol. The van der Waals surface area contributed by atoms with Crippen LogP contribution in [0.2, 0.25) is 0 Å². The van der Waals surface area contributed by atoms with Gasteiger partial charge in [-0.15, -0.1) is 41.5 Å². The van der Waals surface area contributed by atoms with Gasteiger partial charge in [0.1, 0.15) is 5.75 Å². The maximum Gasteiger partial charge on any atom is 2.00 e. The Labute approximate surface area is 245 Å². The van der Waals surface area contributed by atoms with Gasteiger partial charge in [-0.2, -0.15) is 0 Å². The van der Waals surface area contributed by atoms with Gasteiger partial charge in [0.15, 0.2) is 0 Å². The summed E-state index contributed by atoms with van der Waals surface area (Å²) in [5.41, 5.74) is 5.23. The molecule has 0 fully saturated rings. The molecule has 2 heterocycles. The Morgan fingerprint density at radius 1 is 0.744 bits per heavy atom. The van der Waals surface area contributed by atoms with E-state index >= 15 is 0 Å². The summed E-state index contributed by atoms with van der Waals surface area (Å²) in [6, 6.07) is 21.1. The van der Waals surface area contributed by atoms with Crippen LogP contribution >= 0.6 is 0 Å². The Balaban J connectivity index is 0.000000268. The molecule has 0 atom stereocenters. The number of nitrogens with zero attached hydrogens (tertiary/aromatic N) is 2. The Hall–Kier alpha value is -3.41. The smallest absolute Gasteiger partial charge is 0.537 e. The summed E-state index contributed by atoms with van der Waals surface area (Å²) in [4.78, 5) is 8.65. The number of aryl methyl sites for hydroxylation is 1. The second-order valence-electron chi connectivity index (χ2n) is 8.06. The van der Waals surface area contributed by atoms with Crippen molar-refractivity contribution in [3.63, 3.8) is 0 Å². The zero-order valence-corrected chi connectivity index (χ0v) is 25.2. The van der Waals surface area contributed by atoms with E-state index in [1.165, 1.54) is 0 Å². The van der Waals surface area contributed by atoms with Crippen molar-refractivity contribution in [2.45, 2.75) is 34.3 Å². The van der Waals surface area contributed by atoms with E-state index in [0.29, 0.717) is 25.6 Å². The van der Waals surface area contributed by atoms with Gasteiger partial charge in [0, 0.05) is 29.6 Å². The largest absolute Gasteiger partial charge is 2.00 e. The number of aromatic nitrogens is 2. The van der Waals surface area contributed by atoms with Gasteiger partial charge in [-0.25, -0.2) is 0 Å². The molecule has 8 heteroatoms. The van der Waals surface area contributed by atoms with E-state index < -0.39 is 0 Å². The zero-order chi connectivity index (χ0) is 27.3. The third-order valence-electron chi connectivity index (χ3n) is 5.40. The van der Waals surface area contributed by atoms with Gasteiger partial charge in [-0.1, -0.05) is 24.6 Å². The van der Waals surface area contributed by atoms with Crippen LogP contribution in [0.3, 0.4) is 0 Å². The Bertz CT molecular complexity index is 1320. The molecule has 1 N–H and O–H groups in total. The summed E-state index contributed by atoms with van der Waals surface area (Å²) in [6.45, 7) is 9.68. The molecule has 0 aliphatic rings. The van der Waals surface area contributed by atoms with Crippen LogP contribution in [0.5, 0.6) is 23.0 Å². The second-order valence-corrected chi connectivity index (χ2v) is 8.06. The Kier molecular flexibility index (Phi) is 13.5. The third-order valence-corrected chi connectivity index (χ3v) is 5.40. The first-order valence-electron chi connectivity index (χ1n) is 12.6. The van der Waals surface area contributed by atoms with E-state index in [0.717, 1.165) is 50.9 Å². The number of hydrogen-bond acceptors (Lipinski definition) is 7. The molecule has 0 radical (unpaired) electrons. The molecular weight excluding hydrogens is 675 g/mol. The predicted octanol–water partition coefficient (Wildman–Crippen LogP) is 6.10. The number of pyridine rings is 2. The average Bonchev–Trinajstić information content (AvgIpc) is 2.94. The summed E-state index contributed by atoms with van der Waals surface area (Å²) in [7, 11) is 1.63. The van der Waals surface area contributed by atoms with Crippen molar-refractivity contribution >= 4 is 0 Å². The van der Waals surface area contributed by atoms with Crippen molar-refractivity contribution < 1.29 is 45.1 Å². The summed E-state index contributed by atoms with van der Waals surface area (Å²) in [6.07, 6.45) is 3.40. The molecule has 208 valence electrons. The van der Waals surface area contributed by atoms with E-state index in [4.69, 9.17) is 24.1 Å². The van der Waals surface area contributed by atoms with Crippen molar-refractivity contribution in [1.29, 1.82) is 0 Å². The van der Waals surface area contributed by atoms with E-state index in [2.05, 4.69) is 22.1 Å². The molecule has 2 aromatic carbocycles. The number of methoxy groups -OCH3 is 1. The van der Waals surface area contributed by atoms with Gasteiger partial charge >= 0.3 is 21.1 Å². The number of benzene rings is 2. The summed E-state index contributed by atoms with van der Waals surface area (Å²) in [5.74, 6) is 3.01. The van der Waals surface area contributed by atoms with Gasteiger partial charge in [0.2, 0.25) is 0 Å². The van der Waals surface area contributed by atoms with Gasteiger partial charge in [0.25, 0.3) is 0 Å². The van der Waals surface area contributed by atoms with Crippen LogP contribution in [0.15, 0.2) is 60.9 Å². The van der Waals surface area contributed by atoms with Crippen molar-refractivity contribution in [1.82, 2.24) is 9.97 Å². The SMILES string of the molecule is CCOc1c[c-]c(-c2cc(CO)ccn2)c(C)c1.CCOc1c[c-]c(-c2cc(OC)ccn2)c(OCC)c1.[Pt+2]. The summed E-state index contributed by atoms with van der Waals surface area (Å²) in [5, 5.41) is 9.13. The van der Waals surface area contributed by atoms with Gasteiger partial charge in [0.05, 0.1) is 33.5 Å². The average molecular weight is 710 g/mol. The van der Waals surface area contributed by atoms with E-state index in [1.807, 2.05) is 58.0 Å². The molecule has 2 aromatic heterocycles. The van der Waals surface area contributed by atoms with E-state index in [9.17, 15) is 0 Å². The standard InChI is InChI=1S/C16H18NO3.C15H16NO2.Pt/c1-4-19-13-6-7-14(16(11-13)20-5-2)15-10-12(18-3)8-9-17-15;1-3-18-13-4-5-14(11(2)8-13)15-9-12(10-17)6-7-16-15;/h6,8-11H,4-5H2,1-3H3;4,6-9,17H,3,10H2,1-2H3;/q2*-1;+2.